The normalized spacial score (nSPS) is 16.9. The third-order valence-corrected chi connectivity index (χ3v) is 18.9. The molecule has 34 nitrogen and oxygen atoms in total. The first-order chi connectivity index (χ1) is 53.3. The summed E-state index contributed by atoms with van der Waals surface area (Å²) in [6.07, 6.45) is 4.05. The van der Waals surface area contributed by atoms with Crippen molar-refractivity contribution >= 4 is 70.0 Å². The molecule has 0 bridgehead atoms. The number of nitrogens with zero attached hydrogens (tertiary/aromatic N) is 3. The largest absolute Gasteiger partial charge is 0.458 e. The van der Waals surface area contributed by atoms with Crippen LogP contribution in [-0.4, -0.2) is 262 Å². The molecule has 0 spiro atoms. The molecule has 0 radical (unpaired) electrons. The van der Waals surface area contributed by atoms with Crippen molar-refractivity contribution in [3.05, 3.63) is 110 Å². The maximum absolute atomic E-state index is 15.6. The Morgan fingerprint density at radius 3 is 1.81 bits per heavy atom. The highest BCUT2D eigenvalue weighted by Gasteiger charge is 2.46. The third kappa shape index (κ3) is 24.4. The molecule has 9 amide bonds. The van der Waals surface area contributed by atoms with Crippen LogP contribution in [0, 0.1) is 18.7 Å². The van der Waals surface area contributed by atoms with Crippen molar-refractivity contribution in [3.63, 3.8) is 0 Å². The van der Waals surface area contributed by atoms with E-state index in [0.29, 0.717) is 156 Å². The number of carbonyl (C=O) groups excluding carboxylic acids is 10. The van der Waals surface area contributed by atoms with E-state index in [2.05, 4.69) is 42.5 Å². The predicted octanol–water partition coefficient (Wildman–Crippen LogP) is -0.866. The number of benzene rings is 2. The number of aryl methyl sites for hydroxylation is 1. The Morgan fingerprint density at radius 1 is 0.655 bits per heavy atom. The molecule has 3 aliphatic heterocycles. The molecule has 2 aromatic heterocycles. The van der Waals surface area contributed by atoms with Gasteiger partial charge in [-0.3, -0.25) is 52.8 Å². The summed E-state index contributed by atoms with van der Waals surface area (Å²) in [5.41, 5.74) is 1.90. The van der Waals surface area contributed by atoms with Crippen molar-refractivity contribution in [1.29, 1.82) is 0 Å². The van der Waals surface area contributed by atoms with Crippen LogP contribution in [-0.2, 0) is 132 Å². The highest BCUT2D eigenvalue weighted by atomic mass is 19.1. The van der Waals surface area contributed by atoms with Gasteiger partial charge in [-0.05, 0) is 73.9 Å². The predicted molar refractivity (Wildman–Crippen MR) is 388 cm³/mol. The third-order valence-electron chi connectivity index (χ3n) is 18.9. The number of hydrogen-bond acceptors (Lipinski definition) is 25. The maximum Gasteiger partial charge on any atom is 0.343 e. The van der Waals surface area contributed by atoms with Crippen LogP contribution in [0.2, 0.25) is 0 Å². The molecule has 5 aliphatic rings. The number of esters is 1. The fourth-order valence-corrected chi connectivity index (χ4v) is 12.9. The van der Waals surface area contributed by atoms with Crippen molar-refractivity contribution < 1.29 is 110 Å². The second-order valence-electron chi connectivity index (χ2n) is 26.6. The van der Waals surface area contributed by atoms with Crippen LogP contribution in [0.5, 0.6) is 0 Å². The maximum atomic E-state index is 15.6. The summed E-state index contributed by atoms with van der Waals surface area (Å²) in [7, 11) is 1.62. The fraction of sp³-hybridized carbons (Fsp3) is 0.573. The zero-order valence-electron chi connectivity index (χ0n) is 62.3. The Hall–Kier alpha value is -9.11. The van der Waals surface area contributed by atoms with Crippen molar-refractivity contribution in [2.75, 3.05) is 165 Å². The van der Waals surface area contributed by atoms with Crippen molar-refractivity contribution in [2.45, 2.75) is 108 Å². The molecule has 1 fully saturated rings. The summed E-state index contributed by atoms with van der Waals surface area (Å²) in [6.45, 7) is 7.35. The van der Waals surface area contributed by atoms with Crippen LogP contribution in [0.3, 0.4) is 0 Å². The van der Waals surface area contributed by atoms with Gasteiger partial charge in [0.25, 0.3) is 17.4 Å². The lowest BCUT2D eigenvalue weighted by molar-refractivity contribution is -0.172. The lowest BCUT2D eigenvalue weighted by Crippen LogP contribution is -2.54. The minimum atomic E-state index is -2.07. The number of likely N-dealkylation sites (N-methyl/N-ethyl adjacent to an activating group) is 1. The van der Waals surface area contributed by atoms with E-state index in [9.17, 15) is 57.8 Å². The SMILES string of the molecule is CC[C@@]1(O)C(=O)OCc2c1cc1n(c2=O)Cc2c-1nc1cc(F)c(C)c3c1c2[C@@H](NC(=O)[C@@H](CC1CC1)OCNC(=O)CNC(=O)[C@H](Cc1ccccc1)NC(=O)CNC(=O)CNC(=O)CCOCCOCCOCCOCCOCCOCCOCCOCCOCCNC(=O)[C@H](CNC)N1C(=O)C=CC1=O)CC3. The highest BCUT2D eigenvalue weighted by Crippen LogP contribution is 2.46. The minimum absolute atomic E-state index is 0.0283. The highest BCUT2D eigenvalue weighted by molar-refractivity contribution is 6.15. The van der Waals surface area contributed by atoms with Gasteiger partial charge in [0.1, 0.15) is 37.3 Å². The Labute approximate surface area is 634 Å². The number of carbonyl (C=O) groups is 10. The van der Waals surface area contributed by atoms with Crippen LogP contribution >= 0.6 is 0 Å². The summed E-state index contributed by atoms with van der Waals surface area (Å²) >= 11 is 0. The molecule has 9 rings (SSSR count). The smallest absolute Gasteiger partial charge is 0.343 e. The van der Waals surface area contributed by atoms with E-state index >= 15 is 4.39 Å². The summed E-state index contributed by atoms with van der Waals surface area (Å²) in [5.74, 6) is -6.34. The molecule has 2 aromatic carbocycles. The minimum Gasteiger partial charge on any atom is -0.458 e. The van der Waals surface area contributed by atoms with Gasteiger partial charge in [-0.25, -0.2) is 14.2 Å². The molecule has 0 saturated heterocycles. The van der Waals surface area contributed by atoms with E-state index in [1.54, 1.807) is 57.3 Å². The summed E-state index contributed by atoms with van der Waals surface area (Å²) in [4.78, 5) is 149. The number of nitrogens with one attached hydrogen (secondary N) is 8. The number of cyclic esters (lactones) is 1. The van der Waals surface area contributed by atoms with E-state index in [1.807, 2.05) is 0 Å². The molecule has 2 aliphatic carbocycles. The molecule has 600 valence electrons. The number of pyridine rings is 2. The molecule has 35 heteroatoms. The summed E-state index contributed by atoms with van der Waals surface area (Å²) in [5, 5.41) is 33.5. The van der Waals surface area contributed by atoms with Crippen molar-refractivity contribution in [3.8, 4) is 11.4 Å². The Kier molecular flexibility index (Phi) is 33.6. The van der Waals surface area contributed by atoms with Gasteiger partial charge in [0.2, 0.25) is 41.4 Å². The Bertz CT molecular complexity index is 3940. The quantitative estimate of drug-likeness (QED) is 0.00989. The molecule has 0 unspecified atom stereocenters. The zero-order valence-corrected chi connectivity index (χ0v) is 62.3. The first kappa shape index (κ1) is 84.9. The molecular weight excluding hydrogens is 1440 g/mol. The van der Waals surface area contributed by atoms with Crippen molar-refractivity contribution in [1.82, 2.24) is 57.0 Å². The van der Waals surface area contributed by atoms with E-state index < -0.39 is 127 Å². The number of hydrogen-bond donors (Lipinski definition) is 9. The molecule has 1 saturated carbocycles. The number of rotatable bonds is 52. The molecule has 110 heavy (non-hydrogen) atoms. The Balaban J connectivity index is 0.571. The van der Waals surface area contributed by atoms with Crippen LogP contribution < -0.4 is 48.1 Å². The van der Waals surface area contributed by atoms with Gasteiger partial charge in [-0.1, -0.05) is 50.1 Å². The average Bonchev–Trinajstić information content (AvgIpc) is 1.54. The van der Waals surface area contributed by atoms with Gasteiger partial charge in [0.15, 0.2) is 5.60 Å². The second kappa shape index (κ2) is 43.5. The van der Waals surface area contributed by atoms with Gasteiger partial charge in [0, 0.05) is 60.7 Å². The topological polar surface area (TPSA) is 427 Å². The zero-order chi connectivity index (χ0) is 78.4. The number of aromatic nitrogens is 2. The molecule has 9 N–H and O–H groups in total. The molecule has 4 aromatic rings. The van der Waals surface area contributed by atoms with E-state index in [-0.39, 0.29) is 89.0 Å². The van der Waals surface area contributed by atoms with Gasteiger partial charge < -0.3 is 104 Å². The first-order valence-electron chi connectivity index (χ1n) is 37.1. The number of fused-ring (bicyclic) bond motifs is 5. The standard InChI is InChI=1S/C75H100FN11O23/c1-4-75(99)53-38-58-69-51(44-86(58)73(97)52(53)45-109-74(75)98)68-55(13-12-50-47(2)54(76)39-56(84-69)67(50)68)85-72(96)60(37-49-10-11-49)110-46-82-63(90)42-81-70(94)57(36-48-8-6-5-7-9-48)83-64(91)43-80-62(89)41-79-61(88)16-18-100-20-22-102-24-26-104-28-30-106-32-34-108-35-33-107-31-29-105-27-25-103-23-21-101-19-17-78-71(95)59(40-77-3)87-65(92)14-15-66(87)93/h5-9,14-15,38-39,49,55,57,59-60,77,99H,4,10-13,16-37,40-46H2,1-3H3,(H,78,95)(H,79,88)(H,80,89)(H,81,94)(H,82,90)(H,83,91)(H,85,96)/t55-,57-,59-,60+,75-/m0/s1. The van der Waals surface area contributed by atoms with E-state index in [4.69, 9.17) is 57.1 Å². The molecular formula is C75H100FN11O23. The number of imide groups is 1. The number of halogens is 1. The monoisotopic (exact) mass is 1540 g/mol. The van der Waals surface area contributed by atoms with Crippen LogP contribution in [0.1, 0.15) is 90.4 Å². The van der Waals surface area contributed by atoms with Gasteiger partial charge in [-0.2, -0.15) is 0 Å². The first-order valence-corrected chi connectivity index (χ1v) is 37.1. The van der Waals surface area contributed by atoms with E-state index in [0.717, 1.165) is 35.5 Å². The van der Waals surface area contributed by atoms with Crippen molar-refractivity contribution in [2.24, 2.45) is 5.92 Å². The van der Waals surface area contributed by atoms with Gasteiger partial charge in [0.05, 0.1) is 174 Å². The lowest BCUT2D eigenvalue weighted by Gasteiger charge is -2.31. The molecule has 5 heterocycles. The number of aliphatic hydroxyl groups is 1. The Morgan fingerprint density at radius 2 is 1.22 bits per heavy atom. The molecule has 5 atom stereocenters. The fourth-order valence-electron chi connectivity index (χ4n) is 12.9. The number of ether oxygens (including phenoxy) is 11. The van der Waals surface area contributed by atoms with Crippen LogP contribution in [0.25, 0.3) is 22.3 Å². The number of amides is 9. The summed E-state index contributed by atoms with van der Waals surface area (Å²) in [6, 6.07) is 8.93. The van der Waals surface area contributed by atoms with Crippen LogP contribution in [0.4, 0.5) is 4.39 Å². The summed E-state index contributed by atoms with van der Waals surface area (Å²) < 4.78 is 77.9. The van der Waals surface area contributed by atoms with Crippen LogP contribution in [0.15, 0.2) is 59.4 Å². The second-order valence-corrected chi connectivity index (χ2v) is 26.6. The lowest BCUT2D eigenvalue weighted by atomic mass is 9.81. The van der Waals surface area contributed by atoms with Gasteiger partial charge in [-0.15, -0.1) is 0 Å². The van der Waals surface area contributed by atoms with E-state index in [1.165, 1.54) is 10.6 Å². The average molecular weight is 1540 g/mol. The van der Waals surface area contributed by atoms with Gasteiger partial charge >= 0.3 is 5.97 Å².